The number of aromatic nitrogens is 2. The molecule has 1 amide bonds. The first-order valence-corrected chi connectivity index (χ1v) is 8.37. The molecule has 0 aliphatic carbocycles. The minimum atomic E-state index is 0.0413. The van der Waals surface area contributed by atoms with Crippen molar-refractivity contribution in [3.63, 3.8) is 0 Å². The topological polar surface area (TPSA) is 55.3 Å². The Balaban J connectivity index is 2.11. The Kier molecular flexibility index (Phi) is 5.29. The fraction of sp³-hybridized carbons (Fsp3) is 0.750. The molecule has 0 saturated carbocycles. The van der Waals surface area contributed by atoms with Crippen LogP contribution in [0.2, 0.25) is 0 Å². The van der Waals surface area contributed by atoms with Crippen molar-refractivity contribution in [2.24, 2.45) is 0 Å². The molecule has 1 saturated heterocycles. The summed E-state index contributed by atoms with van der Waals surface area (Å²) in [5, 5.41) is 4.80. The summed E-state index contributed by atoms with van der Waals surface area (Å²) in [6.07, 6.45) is 1.90. The molecule has 0 spiro atoms. The second kappa shape index (κ2) is 6.76. The Morgan fingerprint density at radius 2 is 2.37 bits per heavy atom. The normalized spacial score (nSPS) is 23.6. The summed E-state index contributed by atoms with van der Waals surface area (Å²) in [7, 11) is 0. The smallest absolute Gasteiger partial charge is 0.267 e. The molecule has 7 heteroatoms. The van der Waals surface area contributed by atoms with Gasteiger partial charge < -0.3 is 9.64 Å². The highest BCUT2D eigenvalue weighted by Crippen LogP contribution is 2.20. The van der Waals surface area contributed by atoms with E-state index in [2.05, 4.69) is 32.4 Å². The zero-order valence-electron chi connectivity index (χ0n) is 11.1. The SMILES string of the molecule is CCCc1nnsc1C(=O)N1CC(C)OC(CBr)C1. The molecule has 5 nitrogen and oxygen atoms in total. The number of nitrogens with zero attached hydrogens (tertiary/aromatic N) is 3. The average Bonchev–Trinajstić information content (AvgIpc) is 2.85. The molecule has 19 heavy (non-hydrogen) atoms. The molecule has 1 aromatic rings. The Labute approximate surface area is 125 Å². The quantitative estimate of drug-likeness (QED) is 0.782. The number of ether oxygens (including phenoxy) is 1. The van der Waals surface area contributed by atoms with Crippen LogP contribution in [-0.4, -0.2) is 51.0 Å². The zero-order chi connectivity index (χ0) is 13.8. The average molecular weight is 348 g/mol. The number of carbonyl (C=O) groups excluding carboxylic acids is 1. The molecule has 1 aromatic heterocycles. The molecule has 2 unspecified atom stereocenters. The Hall–Kier alpha value is -0.530. The molecule has 0 N–H and O–H groups in total. The van der Waals surface area contributed by atoms with Crippen molar-refractivity contribution < 1.29 is 9.53 Å². The number of hydrogen-bond donors (Lipinski definition) is 0. The van der Waals surface area contributed by atoms with E-state index in [1.54, 1.807) is 0 Å². The van der Waals surface area contributed by atoms with Gasteiger partial charge in [0, 0.05) is 18.4 Å². The molecular formula is C12H18BrN3O2S. The van der Waals surface area contributed by atoms with E-state index < -0.39 is 0 Å². The van der Waals surface area contributed by atoms with Crippen LogP contribution in [0.15, 0.2) is 0 Å². The van der Waals surface area contributed by atoms with Crippen molar-refractivity contribution >= 4 is 33.4 Å². The van der Waals surface area contributed by atoms with Gasteiger partial charge in [0.1, 0.15) is 4.88 Å². The molecule has 106 valence electrons. The maximum atomic E-state index is 12.5. The lowest BCUT2D eigenvalue weighted by molar-refractivity contribution is -0.0558. The Bertz CT molecular complexity index is 440. The van der Waals surface area contributed by atoms with Crippen LogP contribution in [0.4, 0.5) is 0 Å². The third-order valence-electron chi connectivity index (χ3n) is 3.02. The van der Waals surface area contributed by atoms with Crippen molar-refractivity contribution in [1.82, 2.24) is 14.5 Å². The monoisotopic (exact) mass is 347 g/mol. The van der Waals surface area contributed by atoms with Crippen LogP contribution in [0.3, 0.4) is 0 Å². The van der Waals surface area contributed by atoms with Gasteiger partial charge in [0.25, 0.3) is 5.91 Å². The largest absolute Gasteiger partial charge is 0.371 e. The predicted molar refractivity (Wildman–Crippen MR) is 77.9 cm³/mol. The highest BCUT2D eigenvalue weighted by atomic mass is 79.9. The lowest BCUT2D eigenvalue weighted by Crippen LogP contribution is -2.49. The first kappa shape index (κ1) is 14.9. The number of hydrogen-bond acceptors (Lipinski definition) is 5. The molecule has 0 aromatic carbocycles. The summed E-state index contributed by atoms with van der Waals surface area (Å²) in [6.45, 7) is 5.32. The van der Waals surface area contributed by atoms with Crippen LogP contribution in [-0.2, 0) is 11.2 Å². The number of morpholine rings is 1. The molecule has 1 fully saturated rings. The fourth-order valence-corrected chi connectivity index (χ4v) is 3.25. The van der Waals surface area contributed by atoms with E-state index in [4.69, 9.17) is 4.74 Å². The zero-order valence-corrected chi connectivity index (χ0v) is 13.5. The van der Waals surface area contributed by atoms with Crippen LogP contribution in [0.5, 0.6) is 0 Å². The second-order valence-electron chi connectivity index (χ2n) is 4.73. The van der Waals surface area contributed by atoms with Gasteiger partial charge in [-0.3, -0.25) is 4.79 Å². The van der Waals surface area contributed by atoms with Crippen molar-refractivity contribution in [1.29, 1.82) is 0 Å². The summed E-state index contributed by atoms with van der Waals surface area (Å²) in [5.41, 5.74) is 0.826. The molecule has 1 aliphatic heterocycles. The predicted octanol–water partition coefficient (Wildman–Crippen LogP) is 2.12. The van der Waals surface area contributed by atoms with Gasteiger partial charge in [-0.1, -0.05) is 33.8 Å². The maximum absolute atomic E-state index is 12.5. The number of alkyl halides is 1. The van der Waals surface area contributed by atoms with E-state index in [0.717, 1.165) is 23.9 Å². The van der Waals surface area contributed by atoms with Crippen LogP contribution in [0.25, 0.3) is 0 Å². The van der Waals surface area contributed by atoms with E-state index in [0.29, 0.717) is 18.0 Å². The molecule has 0 bridgehead atoms. The van der Waals surface area contributed by atoms with E-state index in [-0.39, 0.29) is 18.1 Å². The van der Waals surface area contributed by atoms with Gasteiger partial charge in [-0.25, -0.2) is 0 Å². The minimum absolute atomic E-state index is 0.0413. The summed E-state index contributed by atoms with van der Waals surface area (Å²) in [5.74, 6) is 0.0413. The fourth-order valence-electron chi connectivity index (χ4n) is 2.21. The van der Waals surface area contributed by atoms with Crippen molar-refractivity contribution in [3.05, 3.63) is 10.6 Å². The van der Waals surface area contributed by atoms with Gasteiger partial charge in [0.15, 0.2) is 0 Å². The number of halogens is 1. The van der Waals surface area contributed by atoms with E-state index in [1.807, 2.05) is 11.8 Å². The van der Waals surface area contributed by atoms with Crippen molar-refractivity contribution in [2.45, 2.75) is 38.9 Å². The summed E-state index contributed by atoms with van der Waals surface area (Å²) >= 11 is 4.61. The van der Waals surface area contributed by atoms with Crippen LogP contribution in [0, 0.1) is 0 Å². The summed E-state index contributed by atoms with van der Waals surface area (Å²) in [6, 6.07) is 0. The maximum Gasteiger partial charge on any atom is 0.267 e. The van der Waals surface area contributed by atoms with Gasteiger partial charge in [-0.05, 0) is 24.9 Å². The van der Waals surface area contributed by atoms with Gasteiger partial charge in [-0.2, -0.15) is 0 Å². The third kappa shape index (κ3) is 3.52. The van der Waals surface area contributed by atoms with Crippen molar-refractivity contribution in [2.75, 3.05) is 18.4 Å². The standard InChI is InChI=1S/C12H18BrN3O2S/c1-3-4-10-11(19-15-14-10)12(17)16-6-8(2)18-9(5-13)7-16/h8-9H,3-7H2,1-2H3. The minimum Gasteiger partial charge on any atom is -0.371 e. The van der Waals surface area contributed by atoms with Gasteiger partial charge in [0.05, 0.1) is 17.9 Å². The Morgan fingerprint density at radius 3 is 3.05 bits per heavy atom. The molecule has 2 rings (SSSR count). The third-order valence-corrected chi connectivity index (χ3v) is 4.50. The number of carbonyl (C=O) groups is 1. The van der Waals surface area contributed by atoms with Crippen LogP contribution in [0.1, 0.15) is 35.6 Å². The molecular weight excluding hydrogens is 330 g/mol. The van der Waals surface area contributed by atoms with Crippen LogP contribution < -0.4 is 0 Å². The van der Waals surface area contributed by atoms with Gasteiger partial charge in [-0.15, -0.1) is 5.10 Å². The molecule has 2 atom stereocenters. The molecule has 2 heterocycles. The molecule has 0 radical (unpaired) electrons. The van der Waals surface area contributed by atoms with E-state index in [1.165, 1.54) is 11.5 Å². The summed E-state index contributed by atoms with van der Waals surface area (Å²) in [4.78, 5) is 15.1. The van der Waals surface area contributed by atoms with Crippen molar-refractivity contribution in [3.8, 4) is 0 Å². The number of amides is 1. The van der Waals surface area contributed by atoms with Gasteiger partial charge in [0.2, 0.25) is 0 Å². The Morgan fingerprint density at radius 1 is 1.58 bits per heavy atom. The first-order chi connectivity index (χ1) is 9.15. The van der Waals surface area contributed by atoms with Crippen LogP contribution >= 0.6 is 27.5 Å². The summed E-state index contributed by atoms with van der Waals surface area (Å²) < 4.78 is 9.66. The van der Waals surface area contributed by atoms with E-state index >= 15 is 0 Å². The molecule has 1 aliphatic rings. The number of rotatable bonds is 4. The lowest BCUT2D eigenvalue weighted by atomic mass is 10.2. The highest BCUT2D eigenvalue weighted by molar-refractivity contribution is 9.09. The van der Waals surface area contributed by atoms with Gasteiger partial charge >= 0.3 is 0 Å². The first-order valence-electron chi connectivity index (χ1n) is 6.47. The van der Waals surface area contributed by atoms with E-state index in [9.17, 15) is 4.79 Å². The second-order valence-corrected chi connectivity index (χ2v) is 6.13. The highest BCUT2D eigenvalue weighted by Gasteiger charge is 2.30. The number of aryl methyl sites for hydroxylation is 1. The lowest BCUT2D eigenvalue weighted by Gasteiger charge is -2.35.